The van der Waals surface area contributed by atoms with Crippen LogP contribution in [0.15, 0.2) is 17.6 Å². The zero-order valence-electron chi connectivity index (χ0n) is 9.43. The first-order valence-electron chi connectivity index (χ1n) is 5.13. The third-order valence-corrected chi connectivity index (χ3v) is 3.15. The van der Waals surface area contributed by atoms with Crippen molar-refractivity contribution < 1.29 is 4.79 Å². The summed E-state index contributed by atoms with van der Waals surface area (Å²) in [5, 5.41) is 0.380. The van der Waals surface area contributed by atoms with Crippen molar-refractivity contribution >= 4 is 17.7 Å². The summed E-state index contributed by atoms with van der Waals surface area (Å²) in [7, 11) is 0. The first-order valence-corrected chi connectivity index (χ1v) is 6.01. The molecule has 0 saturated carbocycles. The topological polar surface area (TPSA) is 80.9 Å². The van der Waals surface area contributed by atoms with Crippen molar-refractivity contribution in [3.8, 4) is 0 Å². The lowest BCUT2D eigenvalue weighted by Crippen LogP contribution is -2.37. The van der Waals surface area contributed by atoms with Crippen LogP contribution < -0.4 is 11.3 Å². The van der Waals surface area contributed by atoms with E-state index in [1.165, 1.54) is 11.8 Å². The van der Waals surface area contributed by atoms with Crippen molar-refractivity contribution in [2.45, 2.75) is 37.1 Å². The van der Waals surface area contributed by atoms with Gasteiger partial charge in [0.25, 0.3) is 0 Å². The minimum atomic E-state index is -0.224. The summed E-state index contributed by atoms with van der Waals surface area (Å²) in [6, 6.07) is 0. The number of nitrogens with two attached hydrogens (primary N) is 1. The second-order valence-electron chi connectivity index (χ2n) is 3.45. The molecule has 3 N–H and O–H groups in total. The number of amides is 1. The van der Waals surface area contributed by atoms with Gasteiger partial charge in [0.15, 0.2) is 5.16 Å². The van der Waals surface area contributed by atoms with Crippen LogP contribution in [0.4, 0.5) is 0 Å². The lowest BCUT2D eigenvalue weighted by Gasteiger charge is -2.12. The van der Waals surface area contributed by atoms with Crippen LogP contribution in [-0.4, -0.2) is 21.1 Å². The molecule has 1 rings (SSSR count). The molecule has 88 valence electrons. The number of thioether (sulfide) groups is 1. The van der Waals surface area contributed by atoms with Gasteiger partial charge in [-0.15, -0.1) is 0 Å². The van der Waals surface area contributed by atoms with Crippen LogP contribution in [0.2, 0.25) is 0 Å². The summed E-state index contributed by atoms with van der Waals surface area (Å²) in [6.45, 7) is 3.94. The number of carbonyl (C=O) groups is 1. The average molecular weight is 240 g/mol. The lowest BCUT2D eigenvalue weighted by molar-refractivity contribution is -0.120. The molecule has 1 atom stereocenters. The van der Waals surface area contributed by atoms with Crippen LogP contribution in [0.1, 0.15) is 25.3 Å². The van der Waals surface area contributed by atoms with Gasteiger partial charge in [-0.2, -0.15) is 0 Å². The second-order valence-corrected chi connectivity index (χ2v) is 4.62. The van der Waals surface area contributed by atoms with Gasteiger partial charge in [0, 0.05) is 12.4 Å². The fraction of sp³-hybridized carbons (Fsp3) is 0.500. The molecule has 0 bridgehead atoms. The van der Waals surface area contributed by atoms with Gasteiger partial charge in [-0.3, -0.25) is 10.2 Å². The third kappa shape index (κ3) is 3.79. The van der Waals surface area contributed by atoms with Gasteiger partial charge in [0.1, 0.15) is 0 Å². The zero-order chi connectivity index (χ0) is 12.0. The smallest absolute Gasteiger partial charge is 0.247 e. The Labute approximate surface area is 99.2 Å². The summed E-state index contributed by atoms with van der Waals surface area (Å²) in [6.07, 6.45) is 5.14. The highest BCUT2D eigenvalue weighted by atomic mass is 32.2. The molecule has 0 saturated heterocycles. The van der Waals surface area contributed by atoms with E-state index in [-0.39, 0.29) is 11.2 Å². The van der Waals surface area contributed by atoms with E-state index in [9.17, 15) is 4.79 Å². The first kappa shape index (κ1) is 12.9. The predicted molar refractivity (Wildman–Crippen MR) is 63.7 cm³/mol. The minimum Gasteiger partial charge on any atom is -0.293 e. The molecule has 0 aromatic carbocycles. The number of nitrogens with one attached hydrogen (secondary N) is 1. The number of hydrazine groups is 1. The molecule has 0 radical (unpaired) electrons. The highest BCUT2D eigenvalue weighted by Crippen LogP contribution is 2.22. The van der Waals surface area contributed by atoms with Gasteiger partial charge >= 0.3 is 0 Å². The largest absolute Gasteiger partial charge is 0.293 e. The molecule has 0 aliphatic heterocycles. The van der Waals surface area contributed by atoms with Crippen molar-refractivity contribution in [3.05, 3.63) is 18.0 Å². The molecule has 0 aliphatic carbocycles. The van der Waals surface area contributed by atoms with Crippen molar-refractivity contribution in [2.24, 2.45) is 5.84 Å². The van der Waals surface area contributed by atoms with Gasteiger partial charge in [0.2, 0.25) is 5.91 Å². The van der Waals surface area contributed by atoms with E-state index in [0.29, 0.717) is 5.16 Å². The Morgan fingerprint density at radius 1 is 1.56 bits per heavy atom. The van der Waals surface area contributed by atoms with Crippen molar-refractivity contribution in [1.82, 2.24) is 15.4 Å². The molecule has 16 heavy (non-hydrogen) atoms. The van der Waals surface area contributed by atoms with E-state index < -0.39 is 0 Å². The quantitative estimate of drug-likeness (QED) is 0.264. The molecule has 1 aromatic rings. The number of carbonyl (C=O) groups excluding carboxylic acids is 1. The number of aromatic nitrogens is 2. The molecule has 0 spiro atoms. The van der Waals surface area contributed by atoms with Crippen LogP contribution in [-0.2, 0) is 4.79 Å². The van der Waals surface area contributed by atoms with Crippen molar-refractivity contribution in [3.63, 3.8) is 0 Å². The minimum absolute atomic E-state index is 0.184. The molecular weight excluding hydrogens is 224 g/mol. The number of nitrogens with zero attached hydrogens (tertiary/aromatic N) is 2. The number of aryl methyl sites for hydroxylation is 1. The zero-order valence-corrected chi connectivity index (χ0v) is 10.3. The molecule has 1 aromatic heterocycles. The van der Waals surface area contributed by atoms with Crippen LogP contribution >= 0.6 is 11.8 Å². The van der Waals surface area contributed by atoms with Crippen LogP contribution in [0.25, 0.3) is 0 Å². The lowest BCUT2D eigenvalue weighted by atomic mass is 10.2. The van der Waals surface area contributed by atoms with E-state index in [1.807, 2.05) is 13.8 Å². The summed E-state index contributed by atoms with van der Waals surface area (Å²) in [5.74, 6) is 4.94. The normalized spacial score (nSPS) is 12.2. The molecular formula is C10H16N4OS. The fourth-order valence-electron chi connectivity index (χ4n) is 1.17. The molecule has 1 unspecified atom stereocenters. The number of hydrogen-bond acceptors (Lipinski definition) is 5. The molecule has 0 fully saturated rings. The van der Waals surface area contributed by atoms with E-state index >= 15 is 0 Å². The van der Waals surface area contributed by atoms with Gasteiger partial charge in [-0.1, -0.05) is 25.1 Å². The van der Waals surface area contributed by atoms with Gasteiger partial charge in [-0.05, 0) is 18.9 Å². The standard InChI is InChI=1S/C10H16N4OS/c1-3-4-8(9(15)14-11)16-10-12-5-7(2)6-13-10/h5-6,8H,3-4,11H2,1-2H3,(H,14,15). The van der Waals surface area contributed by atoms with Crippen LogP contribution in [0.5, 0.6) is 0 Å². The Morgan fingerprint density at radius 2 is 2.19 bits per heavy atom. The summed E-state index contributed by atoms with van der Waals surface area (Å²) >= 11 is 1.34. The van der Waals surface area contributed by atoms with E-state index in [2.05, 4.69) is 15.4 Å². The van der Waals surface area contributed by atoms with Gasteiger partial charge < -0.3 is 0 Å². The maximum Gasteiger partial charge on any atom is 0.247 e. The Hall–Kier alpha value is -1.14. The highest BCUT2D eigenvalue weighted by Gasteiger charge is 2.19. The van der Waals surface area contributed by atoms with Crippen LogP contribution in [0, 0.1) is 6.92 Å². The second kappa shape index (κ2) is 6.44. The maximum absolute atomic E-state index is 11.5. The van der Waals surface area contributed by atoms with Crippen molar-refractivity contribution in [1.29, 1.82) is 0 Å². The Kier molecular flexibility index (Phi) is 5.21. The van der Waals surface area contributed by atoms with Gasteiger partial charge in [-0.25, -0.2) is 15.8 Å². The Balaban J connectivity index is 2.67. The van der Waals surface area contributed by atoms with Gasteiger partial charge in [0.05, 0.1) is 5.25 Å². The Morgan fingerprint density at radius 3 is 2.69 bits per heavy atom. The van der Waals surface area contributed by atoms with E-state index in [1.54, 1.807) is 12.4 Å². The molecule has 1 amide bonds. The van der Waals surface area contributed by atoms with E-state index in [4.69, 9.17) is 5.84 Å². The van der Waals surface area contributed by atoms with Crippen molar-refractivity contribution in [2.75, 3.05) is 0 Å². The predicted octanol–water partition coefficient (Wildman–Crippen LogP) is 1.04. The van der Waals surface area contributed by atoms with Crippen LogP contribution in [0.3, 0.4) is 0 Å². The molecule has 1 heterocycles. The molecule has 5 nitrogen and oxygen atoms in total. The summed E-state index contributed by atoms with van der Waals surface area (Å²) in [4.78, 5) is 19.8. The molecule has 0 aliphatic rings. The number of hydrogen-bond donors (Lipinski definition) is 2. The first-order chi connectivity index (χ1) is 7.67. The fourth-order valence-corrected chi connectivity index (χ4v) is 2.18. The third-order valence-electron chi connectivity index (χ3n) is 1.99. The highest BCUT2D eigenvalue weighted by molar-refractivity contribution is 8.00. The van der Waals surface area contributed by atoms with E-state index in [0.717, 1.165) is 18.4 Å². The average Bonchev–Trinajstić information content (AvgIpc) is 2.30. The summed E-state index contributed by atoms with van der Waals surface area (Å²) < 4.78 is 0. The maximum atomic E-state index is 11.5. The molecule has 6 heteroatoms. The Bertz CT molecular complexity index is 341. The monoisotopic (exact) mass is 240 g/mol. The number of rotatable bonds is 5. The SMILES string of the molecule is CCCC(Sc1ncc(C)cn1)C(=O)NN. The summed E-state index contributed by atoms with van der Waals surface area (Å²) in [5.41, 5.74) is 3.17.